The van der Waals surface area contributed by atoms with E-state index in [0.29, 0.717) is 23.3 Å². The summed E-state index contributed by atoms with van der Waals surface area (Å²) >= 11 is 0. The quantitative estimate of drug-likeness (QED) is 0.813. The fourth-order valence-electron chi connectivity index (χ4n) is 3.60. The van der Waals surface area contributed by atoms with Gasteiger partial charge >= 0.3 is 6.18 Å². The van der Waals surface area contributed by atoms with Gasteiger partial charge in [0.15, 0.2) is 0 Å². The molecule has 2 aliphatic carbocycles. The molecular formula is C14H15F4N. The van der Waals surface area contributed by atoms with E-state index >= 15 is 0 Å². The molecule has 1 nitrogen and oxygen atoms in total. The maximum atomic E-state index is 13.5. The predicted octanol–water partition coefficient (Wildman–Crippen LogP) is 3.89. The van der Waals surface area contributed by atoms with Crippen molar-refractivity contribution in [2.45, 2.75) is 31.5 Å². The molecule has 2 aliphatic rings. The fourth-order valence-corrected chi connectivity index (χ4v) is 3.60. The van der Waals surface area contributed by atoms with Crippen molar-refractivity contribution in [1.82, 2.24) is 0 Å². The number of benzene rings is 1. The highest BCUT2D eigenvalue weighted by Gasteiger charge is 2.55. The number of hydrogen-bond acceptors (Lipinski definition) is 1. The summed E-state index contributed by atoms with van der Waals surface area (Å²) in [4.78, 5) is 0. The summed E-state index contributed by atoms with van der Waals surface area (Å²) in [6, 6.07) is 2.71. The summed E-state index contributed by atoms with van der Waals surface area (Å²) < 4.78 is 50.9. The number of fused-ring (bicyclic) bond motifs is 1. The highest BCUT2D eigenvalue weighted by atomic mass is 19.4. The van der Waals surface area contributed by atoms with Crippen LogP contribution in [0.25, 0.3) is 0 Å². The molecule has 0 saturated heterocycles. The van der Waals surface area contributed by atoms with Crippen molar-refractivity contribution in [2.75, 3.05) is 0 Å². The smallest absolute Gasteiger partial charge is 0.324 e. The lowest BCUT2D eigenvalue weighted by molar-refractivity contribution is -0.140. The first-order valence-corrected chi connectivity index (χ1v) is 6.52. The van der Waals surface area contributed by atoms with Crippen molar-refractivity contribution in [2.24, 2.45) is 23.5 Å². The number of alkyl halides is 3. The third kappa shape index (κ3) is 2.14. The number of halogens is 4. The molecule has 0 bridgehead atoms. The average molecular weight is 273 g/mol. The summed E-state index contributed by atoms with van der Waals surface area (Å²) in [5.74, 6) is 0.289. The van der Waals surface area contributed by atoms with E-state index in [0.717, 1.165) is 25.0 Å². The predicted molar refractivity (Wildman–Crippen MR) is 62.7 cm³/mol. The van der Waals surface area contributed by atoms with Gasteiger partial charge in [-0.15, -0.1) is 0 Å². The Bertz CT molecular complexity index is 487. The van der Waals surface area contributed by atoms with E-state index in [1.54, 1.807) is 0 Å². The Balaban J connectivity index is 1.81. The van der Waals surface area contributed by atoms with E-state index in [-0.39, 0.29) is 6.04 Å². The van der Waals surface area contributed by atoms with Crippen molar-refractivity contribution < 1.29 is 17.6 Å². The maximum Gasteiger partial charge on any atom is 0.419 e. The Hall–Kier alpha value is -1.10. The van der Waals surface area contributed by atoms with Gasteiger partial charge in [0, 0.05) is 6.04 Å². The fraction of sp³-hybridized carbons (Fsp3) is 0.571. The van der Waals surface area contributed by atoms with Gasteiger partial charge in [0.1, 0.15) is 5.82 Å². The van der Waals surface area contributed by atoms with Crippen LogP contribution in [-0.2, 0) is 6.18 Å². The highest BCUT2D eigenvalue weighted by molar-refractivity contribution is 5.30. The Morgan fingerprint density at radius 1 is 1.16 bits per heavy atom. The summed E-state index contributed by atoms with van der Waals surface area (Å²) in [5, 5.41) is 0. The first-order chi connectivity index (χ1) is 8.89. The Morgan fingerprint density at radius 2 is 1.79 bits per heavy atom. The normalized spacial score (nSPS) is 31.1. The first kappa shape index (κ1) is 12.9. The molecule has 1 aromatic carbocycles. The van der Waals surface area contributed by atoms with Crippen molar-refractivity contribution in [1.29, 1.82) is 0 Å². The van der Waals surface area contributed by atoms with E-state index in [2.05, 4.69) is 0 Å². The van der Waals surface area contributed by atoms with Crippen LogP contribution in [0.4, 0.5) is 17.6 Å². The molecule has 2 saturated carbocycles. The van der Waals surface area contributed by atoms with Gasteiger partial charge in [0.05, 0.1) is 5.56 Å². The van der Waals surface area contributed by atoms with Gasteiger partial charge < -0.3 is 5.73 Å². The zero-order chi connectivity index (χ0) is 13.8. The first-order valence-electron chi connectivity index (χ1n) is 6.52. The van der Waals surface area contributed by atoms with Crippen LogP contribution in [0.15, 0.2) is 18.2 Å². The molecule has 0 radical (unpaired) electrons. The maximum absolute atomic E-state index is 13.5. The standard InChI is InChI=1S/C14H15F4N/c15-11-6-7(4-5-10(11)14(16,17)18)13(19)12-8-2-1-3-9(8)12/h4-6,8-9,12-13H,1-3,19H2. The lowest BCUT2D eigenvalue weighted by Crippen LogP contribution is -2.17. The van der Waals surface area contributed by atoms with Crippen molar-refractivity contribution >= 4 is 0 Å². The third-order valence-electron chi connectivity index (χ3n) is 4.57. The Kier molecular flexibility index (Phi) is 2.85. The average Bonchev–Trinajstić information content (AvgIpc) is 2.79. The van der Waals surface area contributed by atoms with E-state index < -0.39 is 17.6 Å². The van der Waals surface area contributed by atoms with Gasteiger partial charge in [0.2, 0.25) is 0 Å². The van der Waals surface area contributed by atoms with Crippen LogP contribution in [0.2, 0.25) is 0 Å². The van der Waals surface area contributed by atoms with Crippen LogP contribution in [0.1, 0.15) is 36.4 Å². The zero-order valence-electron chi connectivity index (χ0n) is 10.3. The van der Waals surface area contributed by atoms with Gasteiger partial charge in [-0.3, -0.25) is 0 Å². The zero-order valence-corrected chi connectivity index (χ0v) is 10.3. The van der Waals surface area contributed by atoms with E-state index in [4.69, 9.17) is 5.73 Å². The van der Waals surface area contributed by atoms with Crippen LogP contribution in [0, 0.1) is 23.6 Å². The van der Waals surface area contributed by atoms with Crippen LogP contribution in [0.3, 0.4) is 0 Å². The molecule has 104 valence electrons. The number of hydrogen-bond donors (Lipinski definition) is 1. The molecule has 0 amide bonds. The molecule has 19 heavy (non-hydrogen) atoms. The molecule has 2 fully saturated rings. The highest BCUT2D eigenvalue weighted by Crippen LogP contribution is 2.61. The molecular weight excluding hydrogens is 258 g/mol. The van der Waals surface area contributed by atoms with Gasteiger partial charge in [-0.25, -0.2) is 4.39 Å². The summed E-state index contributed by atoms with van der Waals surface area (Å²) in [6.07, 6.45) is -1.15. The minimum atomic E-state index is -4.65. The topological polar surface area (TPSA) is 26.0 Å². The second-order valence-electron chi connectivity index (χ2n) is 5.60. The molecule has 3 unspecified atom stereocenters. The molecule has 3 atom stereocenters. The van der Waals surface area contributed by atoms with E-state index in [1.165, 1.54) is 12.5 Å². The Labute approximate surface area is 108 Å². The largest absolute Gasteiger partial charge is 0.419 e. The van der Waals surface area contributed by atoms with Gasteiger partial charge in [0.25, 0.3) is 0 Å². The third-order valence-corrected chi connectivity index (χ3v) is 4.57. The molecule has 0 heterocycles. The summed E-state index contributed by atoms with van der Waals surface area (Å²) in [5.41, 5.74) is 5.32. The second kappa shape index (κ2) is 4.20. The van der Waals surface area contributed by atoms with Gasteiger partial charge in [-0.1, -0.05) is 12.5 Å². The monoisotopic (exact) mass is 273 g/mol. The lowest BCUT2D eigenvalue weighted by atomic mass is 9.96. The van der Waals surface area contributed by atoms with Crippen molar-refractivity contribution in [3.05, 3.63) is 35.1 Å². The molecule has 5 heteroatoms. The van der Waals surface area contributed by atoms with Gasteiger partial charge in [-0.2, -0.15) is 13.2 Å². The number of nitrogens with two attached hydrogens (primary N) is 1. The summed E-state index contributed by atoms with van der Waals surface area (Å²) in [6.45, 7) is 0. The Morgan fingerprint density at radius 3 is 2.32 bits per heavy atom. The molecule has 2 N–H and O–H groups in total. The lowest BCUT2D eigenvalue weighted by Gasteiger charge is -2.16. The van der Waals surface area contributed by atoms with Crippen LogP contribution in [0.5, 0.6) is 0 Å². The molecule has 0 spiro atoms. The SMILES string of the molecule is NC(c1ccc(C(F)(F)F)c(F)c1)C1C2CCCC21. The van der Waals surface area contributed by atoms with Crippen molar-refractivity contribution in [3.8, 4) is 0 Å². The number of rotatable bonds is 2. The minimum Gasteiger partial charge on any atom is -0.324 e. The van der Waals surface area contributed by atoms with Crippen LogP contribution in [-0.4, -0.2) is 0 Å². The molecule has 0 aromatic heterocycles. The van der Waals surface area contributed by atoms with Crippen molar-refractivity contribution in [3.63, 3.8) is 0 Å². The second-order valence-corrected chi connectivity index (χ2v) is 5.60. The van der Waals surface area contributed by atoms with Crippen LogP contribution >= 0.6 is 0 Å². The van der Waals surface area contributed by atoms with E-state index in [1.807, 2.05) is 0 Å². The minimum absolute atomic E-state index is 0.324. The van der Waals surface area contributed by atoms with Gasteiger partial charge in [-0.05, 0) is 48.3 Å². The molecule has 3 rings (SSSR count). The van der Waals surface area contributed by atoms with E-state index in [9.17, 15) is 17.6 Å². The molecule has 0 aliphatic heterocycles. The summed E-state index contributed by atoms with van der Waals surface area (Å²) in [7, 11) is 0. The molecule has 1 aromatic rings. The van der Waals surface area contributed by atoms with Crippen LogP contribution < -0.4 is 5.73 Å².